The number of rotatable bonds is 6. The van der Waals surface area contributed by atoms with Gasteiger partial charge in [-0.2, -0.15) is 11.8 Å². The molecule has 1 N–H and O–H groups in total. The molecule has 1 rings (SSSR count). The van der Waals surface area contributed by atoms with Crippen LogP contribution in [-0.2, 0) is 11.8 Å². The van der Waals surface area contributed by atoms with Gasteiger partial charge in [0.2, 0.25) is 0 Å². The van der Waals surface area contributed by atoms with Crippen molar-refractivity contribution in [1.29, 1.82) is 0 Å². The summed E-state index contributed by atoms with van der Waals surface area (Å²) in [6.07, 6.45) is 4.69. The van der Waals surface area contributed by atoms with Crippen molar-refractivity contribution in [3.05, 3.63) is 35.4 Å². The van der Waals surface area contributed by atoms with Gasteiger partial charge in [0.1, 0.15) is 0 Å². The smallest absolute Gasteiger partial charge is 0.0580 e. The standard InChI is InChI=1S/C16H26OS/c1-16(2,3)14-9-7-13(8-10-14)12-15(17)6-5-11-18-4/h7-10,15,17H,5-6,11-12H2,1-4H3. The van der Waals surface area contributed by atoms with Crippen LogP contribution in [0, 0.1) is 0 Å². The van der Waals surface area contributed by atoms with Crippen LogP contribution >= 0.6 is 11.8 Å². The zero-order chi connectivity index (χ0) is 13.6. The molecule has 1 aromatic carbocycles. The van der Waals surface area contributed by atoms with E-state index in [2.05, 4.69) is 51.3 Å². The Labute approximate surface area is 116 Å². The maximum atomic E-state index is 9.95. The third-order valence-corrected chi connectivity index (χ3v) is 3.87. The Bertz CT molecular complexity index is 337. The van der Waals surface area contributed by atoms with Crippen molar-refractivity contribution in [2.24, 2.45) is 0 Å². The summed E-state index contributed by atoms with van der Waals surface area (Å²) in [6.45, 7) is 6.66. The SMILES string of the molecule is CSCCCC(O)Cc1ccc(C(C)(C)C)cc1. The third-order valence-electron chi connectivity index (χ3n) is 3.18. The first kappa shape index (κ1) is 15.6. The molecule has 102 valence electrons. The molecule has 1 nitrogen and oxygen atoms in total. The molecule has 0 saturated heterocycles. The van der Waals surface area contributed by atoms with Crippen LogP contribution in [0.3, 0.4) is 0 Å². The average Bonchev–Trinajstić information content (AvgIpc) is 2.29. The van der Waals surface area contributed by atoms with Crippen LogP contribution in [-0.4, -0.2) is 23.2 Å². The van der Waals surface area contributed by atoms with E-state index in [1.807, 2.05) is 11.8 Å². The van der Waals surface area contributed by atoms with Crippen molar-refractivity contribution in [3.8, 4) is 0 Å². The average molecular weight is 266 g/mol. The molecule has 0 spiro atoms. The topological polar surface area (TPSA) is 20.2 Å². The fourth-order valence-electron chi connectivity index (χ4n) is 1.98. The Hall–Kier alpha value is -0.470. The zero-order valence-electron chi connectivity index (χ0n) is 12.1. The van der Waals surface area contributed by atoms with Crippen molar-refractivity contribution < 1.29 is 5.11 Å². The van der Waals surface area contributed by atoms with Gasteiger partial charge in [0.25, 0.3) is 0 Å². The molecule has 1 unspecified atom stereocenters. The second kappa shape index (κ2) is 7.20. The normalized spacial score (nSPS) is 13.6. The maximum absolute atomic E-state index is 9.95. The van der Waals surface area contributed by atoms with Crippen molar-refractivity contribution >= 4 is 11.8 Å². The predicted molar refractivity (Wildman–Crippen MR) is 82.5 cm³/mol. The van der Waals surface area contributed by atoms with Gasteiger partial charge in [-0.15, -0.1) is 0 Å². The number of aliphatic hydroxyl groups is 1. The van der Waals surface area contributed by atoms with E-state index >= 15 is 0 Å². The van der Waals surface area contributed by atoms with E-state index in [0.717, 1.165) is 25.0 Å². The summed E-state index contributed by atoms with van der Waals surface area (Å²) < 4.78 is 0. The van der Waals surface area contributed by atoms with E-state index in [0.29, 0.717) is 0 Å². The van der Waals surface area contributed by atoms with E-state index in [4.69, 9.17) is 0 Å². The highest BCUT2D eigenvalue weighted by molar-refractivity contribution is 7.98. The minimum absolute atomic E-state index is 0.197. The lowest BCUT2D eigenvalue weighted by molar-refractivity contribution is 0.164. The number of thioether (sulfide) groups is 1. The van der Waals surface area contributed by atoms with Crippen LogP contribution in [0.25, 0.3) is 0 Å². The van der Waals surface area contributed by atoms with E-state index in [-0.39, 0.29) is 11.5 Å². The van der Waals surface area contributed by atoms with Crippen molar-refractivity contribution in [3.63, 3.8) is 0 Å². The molecule has 0 amide bonds. The summed E-state index contributed by atoms with van der Waals surface area (Å²) >= 11 is 1.84. The van der Waals surface area contributed by atoms with Gasteiger partial charge in [-0.25, -0.2) is 0 Å². The quantitative estimate of drug-likeness (QED) is 0.784. The third kappa shape index (κ3) is 5.45. The highest BCUT2D eigenvalue weighted by atomic mass is 32.2. The number of benzene rings is 1. The van der Waals surface area contributed by atoms with Gasteiger partial charge >= 0.3 is 0 Å². The summed E-state index contributed by atoms with van der Waals surface area (Å²) in [7, 11) is 0. The molecule has 0 radical (unpaired) electrons. The predicted octanol–water partition coefficient (Wildman–Crippen LogP) is 4.03. The Morgan fingerprint density at radius 3 is 2.28 bits per heavy atom. The van der Waals surface area contributed by atoms with Gasteiger partial charge in [0, 0.05) is 0 Å². The van der Waals surface area contributed by atoms with Crippen molar-refractivity contribution in [2.45, 2.75) is 51.6 Å². The van der Waals surface area contributed by atoms with Crippen LogP contribution in [0.5, 0.6) is 0 Å². The first-order chi connectivity index (χ1) is 8.43. The second-order valence-electron chi connectivity index (χ2n) is 5.94. The molecule has 0 heterocycles. The molecule has 18 heavy (non-hydrogen) atoms. The summed E-state index contributed by atoms with van der Waals surface area (Å²) in [4.78, 5) is 0. The Morgan fingerprint density at radius 1 is 1.17 bits per heavy atom. The molecule has 1 atom stereocenters. The van der Waals surface area contributed by atoms with Crippen LogP contribution in [0.2, 0.25) is 0 Å². The molecule has 0 saturated carbocycles. The van der Waals surface area contributed by atoms with E-state index < -0.39 is 0 Å². The van der Waals surface area contributed by atoms with E-state index in [1.165, 1.54) is 11.1 Å². The van der Waals surface area contributed by atoms with E-state index in [9.17, 15) is 5.11 Å². The minimum atomic E-state index is -0.197. The van der Waals surface area contributed by atoms with Gasteiger partial charge < -0.3 is 5.11 Å². The number of hydrogen-bond donors (Lipinski definition) is 1. The monoisotopic (exact) mass is 266 g/mol. The molecule has 1 aromatic rings. The van der Waals surface area contributed by atoms with Crippen LogP contribution in [0.15, 0.2) is 24.3 Å². The Kier molecular flexibility index (Phi) is 6.24. The molecular weight excluding hydrogens is 240 g/mol. The largest absolute Gasteiger partial charge is 0.393 e. The lowest BCUT2D eigenvalue weighted by atomic mass is 9.86. The molecule has 2 heteroatoms. The molecular formula is C16H26OS. The summed E-state index contributed by atoms with van der Waals surface area (Å²) in [5.74, 6) is 1.14. The Balaban J connectivity index is 2.48. The first-order valence-electron chi connectivity index (χ1n) is 6.70. The molecule has 0 aliphatic rings. The Morgan fingerprint density at radius 2 is 1.78 bits per heavy atom. The van der Waals surface area contributed by atoms with Crippen molar-refractivity contribution in [1.82, 2.24) is 0 Å². The summed E-state index contributed by atoms with van der Waals surface area (Å²) in [6, 6.07) is 8.67. The lowest BCUT2D eigenvalue weighted by Gasteiger charge is -2.19. The van der Waals surface area contributed by atoms with Gasteiger partial charge in [0.15, 0.2) is 0 Å². The number of hydrogen-bond acceptors (Lipinski definition) is 2. The minimum Gasteiger partial charge on any atom is -0.393 e. The lowest BCUT2D eigenvalue weighted by Crippen LogP contribution is -2.13. The molecule has 0 aliphatic carbocycles. The number of aliphatic hydroxyl groups excluding tert-OH is 1. The van der Waals surface area contributed by atoms with Gasteiger partial charge in [-0.3, -0.25) is 0 Å². The van der Waals surface area contributed by atoms with Crippen LogP contribution in [0.4, 0.5) is 0 Å². The fraction of sp³-hybridized carbons (Fsp3) is 0.625. The van der Waals surface area contributed by atoms with Crippen LogP contribution in [0.1, 0.15) is 44.7 Å². The highest BCUT2D eigenvalue weighted by Crippen LogP contribution is 2.22. The summed E-state index contributed by atoms with van der Waals surface area (Å²) in [5, 5.41) is 9.95. The van der Waals surface area contributed by atoms with Crippen molar-refractivity contribution in [2.75, 3.05) is 12.0 Å². The van der Waals surface area contributed by atoms with Gasteiger partial charge in [-0.05, 0) is 47.8 Å². The summed E-state index contributed by atoms with van der Waals surface area (Å²) in [5.41, 5.74) is 2.79. The van der Waals surface area contributed by atoms with Gasteiger partial charge in [0.05, 0.1) is 6.10 Å². The van der Waals surface area contributed by atoms with Crippen LogP contribution < -0.4 is 0 Å². The van der Waals surface area contributed by atoms with E-state index in [1.54, 1.807) is 0 Å². The second-order valence-corrected chi connectivity index (χ2v) is 6.93. The molecule has 0 aliphatic heterocycles. The fourth-order valence-corrected chi connectivity index (χ4v) is 2.43. The molecule has 0 aromatic heterocycles. The zero-order valence-corrected chi connectivity index (χ0v) is 12.9. The first-order valence-corrected chi connectivity index (χ1v) is 8.09. The highest BCUT2D eigenvalue weighted by Gasteiger charge is 2.13. The molecule has 0 fully saturated rings. The molecule has 0 bridgehead atoms. The van der Waals surface area contributed by atoms with Gasteiger partial charge in [-0.1, -0.05) is 45.0 Å². The maximum Gasteiger partial charge on any atom is 0.0580 e.